The van der Waals surface area contributed by atoms with E-state index in [0.717, 1.165) is 19.5 Å². The van der Waals surface area contributed by atoms with Gasteiger partial charge in [-0.1, -0.05) is 12.5 Å². The van der Waals surface area contributed by atoms with Gasteiger partial charge in [-0.2, -0.15) is 0 Å². The number of aliphatic carboxylic acids is 1. The van der Waals surface area contributed by atoms with E-state index in [0.29, 0.717) is 6.04 Å². The van der Waals surface area contributed by atoms with Gasteiger partial charge in [0.25, 0.3) is 0 Å². The van der Waals surface area contributed by atoms with Crippen LogP contribution in [0.2, 0.25) is 0 Å². The number of nitrogens with zero attached hydrogens (tertiary/aromatic N) is 1. The van der Waals surface area contributed by atoms with Gasteiger partial charge in [0.1, 0.15) is 0 Å². The summed E-state index contributed by atoms with van der Waals surface area (Å²) in [5.74, 6) is -0.691. The fourth-order valence-corrected chi connectivity index (χ4v) is 3.37. The van der Waals surface area contributed by atoms with Gasteiger partial charge in [-0.3, -0.25) is 9.69 Å². The van der Waals surface area contributed by atoms with E-state index in [4.69, 9.17) is 5.11 Å². The van der Waals surface area contributed by atoms with Crippen LogP contribution < -0.4 is 0 Å². The van der Waals surface area contributed by atoms with Crippen molar-refractivity contribution in [3.63, 3.8) is 0 Å². The summed E-state index contributed by atoms with van der Waals surface area (Å²) in [5.41, 5.74) is 0. The lowest BCUT2D eigenvalue weighted by Crippen LogP contribution is -2.33. The molecule has 0 aliphatic carbocycles. The number of thiophene rings is 1. The Kier molecular flexibility index (Phi) is 4.57. The largest absolute Gasteiger partial charge is 0.481 e. The molecule has 1 aromatic rings. The highest BCUT2D eigenvalue weighted by Gasteiger charge is 2.23. The smallest absolute Gasteiger partial charge is 0.303 e. The number of hydrogen-bond donors (Lipinski definition) is 1. The molecule has 1 fully saturated rings. The summed E-state index contributed by atoms with van der Waals surface area (Å²) in [6.45, 7) is 2.23. The summed E-state index contributed by atoms with van der Waals surface area (Å²) < 4.78 is 0. The molecule has 1 aliphatic rings. The summed E-state index contributed by atoms with van der Waals surface area (Å²) in [6, 6.07) is 4.50. The second-order valence-electron chi connectivity index (χ2n) is 4.56. The van der Waals surface area contributed by atoms with Crippen LogP contribution >= 0.6 is 11.3 Å². The Labute approximate surface area is 106 Å². The van der Waals surface area contributed by atoms with E-state index < -0.39 is 5.97 Å². The molecule has 0 amide bonds. The second-order valence-corrected chi connectivity index (χ2v) is 5.54. The molecule has 17 heavy (non-hydrogen) atoms. The molecule has 2 heterocycles. The maximum atomic E-state index is 10.7. The zero-order chi connectivity index (χ0) is 12.1. The quantitative estimate of drug-likeness (QED) is 0.876. The normalized spacial score (nSPS) is 19.1. The SMILES string of the molecule is O=C(O)CCC(c1cccs1)N1CCCCC1. The van der Waals surface area contributed by atoms with Crippen LogP contribution in [-0.4, -0.2) is 29.1 Å². The van der Waals surface area contributed by atoms with Gasteiger partial charge in [-0.25, -0.2) is 0 Å². The molecule has 0 bridgehead atoms. The number of piperidine rings is 1. The van der Waals surface area contributed by atoms with Gasteiger partial charge < -0.3 is 5.11 Å². The van der Waals surface area contributed by atoms with Crippen molar-refractivity contribution in [1.29, 1.82) is 0 Å². The third-order valence-corrected chi connectivity index (χ3v) is 4.31. The minimum atomic E-state index is -0.691. The van der Waals surface area contributed by atoms with E-state index in [1.54, 1.807) is 11.3 Å². The number of rotatable bonds is 5. The Balaban J connectivity index is 2.03. The maximum absolute atomic E-state index is 10.7. The lowest BCUT2D eigenvalue weighted by atomic mass is 10.0. The van der Waals surface area contributed by atoms with Crippen molar-refractivity contribution < 1.29 is 9.90 Å². The second kappa shape index (κ2) is 6.17. The minimum absolute atomic E-state index is 0.263. The predicted octanol–water partition coefficient (Wildman–Crippen LogP) is 3.14. The molecule has 1 N–H and O–H groups in total. The van der Waals surface area contributed by atoms with Crippen LogP contribution in [0.25, 0.3) is 0 Å². The first kappa shape index (κ1) is 12.6. The van der Waals surface area contributed by atoms with Crippen LogP contribution in [0, 0.1) is 0 Å². The van der Waals surface area contributed by atoms with Crippen molar-refractivity contribution in [2.75, 3.05) is 13.1 Å². The molecule has 1 unspecified atom stereocenters. The summed E-state index contributed by atoms with van der Waals surface area (Å²) in [7, 11) is 0. The first-order valence-electron chi connectivity index (χ1n) is 6.26. The minimum Gasteiger partial charge on any atom is -0.481 e. The van der Waals surface area contributed by atoms with Gasteiger partial charge in [0.05, 0.1) is 0 Å². The van der Waals surface area contributed by atoms with Crippen LogP contribution in [0.3, 0.4) is 0 Å². The molecule has 0 radical (unpaired) electrons. The molecule has 3 nitrogen and oxygen atoms in total. The third-order valence-electron chi connectivity index (χ3n) is 3.33. The molecular formula is C13H19NO2S. The van der Waals surface area contributed by atoms with E-state index in [-0.39, 0.29) is 6.42 Å². The molecule has 0 aromatic carbocycles. The average Bonchev–Trinajstić information content (AvgIpc) is 2.84. The topological polar surface area (TPSA) is 40.5 Å². The van der Waals surface area contributed by atoms with Crippen LogP contribution in [0.15, 0.2) is 17.5 Å². The summed E-state index contributed by atoms with van der Waals surface area (Å²) in [4.78, 5) is 14.5. The Morgan fingerprint density at radius 1 is 1.41 bits per heavy atom. The van der Waals surface area contributed by atoms with Gasteiger partial charge in [0.15, 0.2) is 0 Å². The molecular weight excluding hydrogens is 234 g/mol. The Hall–Kier alpha value is -0.870. The maximum Gasteiger partial charge on any atom is 0.303 e. The van der Waals surface area contributed by atoms with E-state index >= 15 is 0 Å². The van der Waals surface area contributed by atoms with Crippen molar-refractivity contribution in [1.82, 2.24) is 4.90 Å². The third kappa shape index (κ3) is 3.54. The van der Waals surface area contributed by atoms with Crippen LogP contribution in [0.5, 0.6) is 0 Å². The molecule has 94 valence electrons. The molecule has 4 heteroatoms. The van der Waals surface area contributed by atoms with Crippen molar-refractivity contribution in [2.24, 2.45) is 0 Å². The average molecular weight is 253 g/mol. The molecule has 1 aromatic heterocycles. The number of carbonyl (C=O) groups is 1. The highest BCUT2D eigenvalue weighted by atomic mass is 32.1. The fraction of sp³-hybridized carbons (Fsp3) is 0.615. The van der Waals surface area contributed by atoms with Gasteiger partial charge in [0, 0.05) is 17.3 Å². The summed E-state index contributed by atoms with van der Waals surface area (Å²) in [5, 5.41) is 10.9. The number of likely N-dealkylation sites (tertiary alicyclic amines) is 1. The molecule has 1 saturated heterocycles. The lowest BCUT2D eigenvalue weighted by Gasteiger charge is -2.33. The predicted molar refractivity (Wildman–Crippen MR) is 69.4 cm³/mol. The highest BCUT2D eigenvalue weighted by Crippen LogP contribution is 2.31. The van der Waals surface area contributed by atoms with Crippen molar-refractivity contribution >= 4 is 17.3 Å². The van der Waals surface area contributed by atoms with E-state index in [2.05, 4.69) is 22.4 Å². The van der Waals surface area contributed by atoms with Gasteiger partial charge in [-0.15, -0.1) is 11.3 Å². The van der Waals surface area contributed by atoms with Gasteiger partial charge in [-0.05, 0) is 43.8 Å². The Morgan fingerprint density at radius 3 is 2.76 bits per heavy atom. The number of carboxylic acid groups (broad SMARTS) is 1. The zero-order valence-electron chi connectivity index (χ0n) is 9.97. The van der Waals surface area contributed by atoms with E-state index in [9.17, 15) is 4.79 Å². The van der Waals surface area contributed by atoms with Crippen molar-refractivity contribution in [2.45, 2.75) is 38.1 Å². The zero-order valence-corrected chi connectivity index (χ0v) is 10.8. The molecule has 1 atom stereocenters. The first-order chi connectivity index (χ1) is 8.27. The van der Waals surface area contributed by atoms with Crippen LogP contribution in [0.1, 0.15) is 43.0 Å². The van der Waals surface area contributed by atoms with Crippen LogP contribution in [0.4, 0.5) is 0 Å². The molecule has 0 saturated carbocycles. The van der Waals surface area contributed by atoms with E-state index in [1.807, 2.05) is 0 Å². The molecule has 2 rings (SSSR count). The van der Waals surface area contributed by atoms with Crippen molar-refractivity contribution in [3.05, 3.63) is 22.4 Å². The summed E-state index contributed by atoms with van der Waals surface area (Å²) >= 11 is 1.74. The Morgan fingerprint density at radius 2 is 2.18 bits per heavy atom. The number of hydrogen-bond acceptors (Lipinski definition) is 3. The highest BCUT2D eigenvalue weighted by molar-refractivity contribution is 7.10. The summed E-state index contributed by atoms with van der Waals surface area (Å²) in [6.07, 6.45) is 4.80. The molecule has 1 aliphatic heterocycles. The first-order valence-corrected chi connectivity index (χ1v) is 7.14. The van der Waals surface area contributed by atoms with Crippen molar-refractivity contribution in [3.8, 4) is 0 Å². The monoisotopic (exact) mass is 253 g/mol. The van der Waals surface area contributed by atoms with Crippen LogP contribution in [-0.2, 0) is 4.79 Å². The van der Waals surface area contributed by atoms with E-state index in [1.165, 1.54) is 24.1 Å². The standard InChI is InChI=1S/C13H19NO2S/c15-13(16)7-6-11(12-5-4-10-17-12)14-8-2-1-3-9-14/h4-5,10-11H,1-3,6-9H2,(H,15,16). The fourth-order valence-electron chi connectivity index (χ4n) is 2.48. The lowest BCUT2D eigenvalue weighted by molar-refractivity contribution is -0.137. The van der Waals surface area contributed by atoms with Gasteiger partial charge >= 0.3 is 5.97 Å². The molecule has 0 spiro atoms. The number of carboxylic acids is 1. The Bertz CT molecular complexity index is 344. The van der Waals surface area contributed by atoms with Gasteiger partial charge in [0.2, 0.25) is 0 Å².